The Morgan fingerprint density at radius 1 is 1.17 bits per heavy atom. The Bertz CT molecular complexity index is 1290. The molecule has 1 amide bonds. The highest BCUT2D eigenvalue weighted by molar-refractivity contribution is 7.99. The van der Waals surface area contributed by atoms with Crippen LogP contribution in [0.2, 0.25) is 0 Å². The Hall–Kier alpha value is -3.39. The predicted molar refractivity (Wildman–Crippen MR) is 117 cm³/mol. The number of para-hydroxylation sites is 1. The molecule has 0 fully saturated rings. The van der Waals surface area contributed by atoms with E-state index in [9.17, 15) is 14.0 Å². The number of halogens is 1. The summed E-state index contributed by atoms with van der Waals surface area (Å²) in [5.74, 6) is -0.542. The number of hydrogen-bond acceptors (Lipinski definition) is 4. The van der Waals surface area contributed by atoms with Crippen LogP contribution in [-0.2, 0) is 4.79 Å². The third-order valence-electron chi connectivity index (χ3n) is 4.59. The number of aryl methyl sites for hydroxylation is 2. The number of amides is 1. The molecule has 152 valence electrons. The van der Waals surface area contributed by atoms with E-state index in [4.69, 9.17) is 0 Å². The second-order valence-corrected chi connectivity index (χ2v) is 7.82. The fraction of sp³-hybridized carbons (Fsp3) is 0.136. The molecule has 2 N–H and O–H groups in total. The number of H-pyrrole nitrogens is 1. The zero-order valence-corrected chi connectivity index (χ0v) is 17.2. The molecule has 0 saturated carbocycles. The summed E-state index contributed by atoms with van der Waals surface area (Å²) in [7, 11) is 0. The molecule has 2 aromatic carbocycles. The van der Waals surface area contributed by atoms with Gasteiger partial charge in [-0.3, -0.25) is 14.2 Å². The molecule has 0 radical (unpaired) electrons. The molecule has 4 aromatic rings. The Kier molecular flexibility index (Phi) is 5.41. The van der Waals surface area contributed by atoms with Crippen LogP contribution in [0.4, 0.5) is 10.1 Å². The number of carbonyl (C=O) groups excluding carboxylic acids is 1. The first-order valence-electron chi connectivity index (χ1n) is 9.29. The van der Waals surface area contributed by atoms with Crippen LogP contribution in [0.15, 0.2) is 64.5 Å². The van der Waals surface area contributed by atoms with Crippen molar-refractivity contribution >= 4 is 34.4 Å². The van der Waals surface area contributed by atoms with Crippen LogP contribution in [0.25, 0.3) is 16.7 Å². The fourth-order valence-corrected chi connectivity index (χ4v) is 3.93. The van der Waals surface area contributed by atoms with Crippen LogP contribution in [0.5, 0.6) is 0 Å². The maximum Gasteiger partial charge on any atom is 0.283 e. The first-order valence-corrected chi connectivity index (χ1v) is 10.3. The molecule has 2 heterocycles. The maximum absolute atomic E-state index is 13.4. The number of carbonyl (C=O) groups is 1. The molecular formula is C22H19FN4O2S. The molecule has 0 spiro atoms. The van der Waals surface area contributed by atoms with Gasteiger partial charge < -0.3 is 10.3 Å². The number of thioether (sulfide) groups is 1. The van der Waals surface area contributed by atoms with Crippen molar-refractivity contribution in [3.63, 3.8) is 0 Å². The van der Waals surface area contributed by atoms with Crippen LogP contribution in [0, 0.1) is 19.7 Å². The number of fused-ring (bicyclic) bond motifs is 1. The van der Waals surface area contributed by atoms with Crippen molar-refractivity contribution < 1.29 is 9.18 Å². The third-order valence-corrected chi connectivity index (χ3v) is 5.53. The van der Waals surface area contributed by atoms with Gasteiger partial charge in [-0.15, -0.1) is 0 Å². The summed E-state index contributed by atoms with van der Waals surface area (Å²) < 4.78 is 14.8. The lowest BCUT2D eigenvalue weighted by Gasteiger charge is -2.12. The van der Waals surface area contributed by atoms with Crippen LogP contribution < -0.4 is 10.9 Å². The zero-order chi connectivity index (χ0) is 21.3. The largest absolute Gasteiger partial charge is 0.353 e. The lowest BCUT2D eigenvalue weighted by Crippen LogP contribution is -2.23. The number of nitrogens with one attached hydrogen (secondary N) is 2. The molecule has 0 saturated heterocycles. The summed E-state index contributed by atoms with van der Waals surface area (Å²) in [6.45, 7) is 3.75. The Labute approximate surface area is 176 Å². The number of rotatable bonds is 5. The highest BCUT2D eigenvalue weighted by atomic mass is 32.2. The van der Waals surface area contributed by atoms with Crippen LogP contribution >= 0.6 is 11.8 Å². The Morgan fingerprint density at radius 3 is 2.63 bits per heavy atom. The number of nitrogens with zero attached hydrogens (tertiary/aromatic N) is 2. The molecule has 2 aromatic heterocycles. The van der Waals surface area contributed by atoms with Gasteiger partial charge in [-0.25, -0.2) is 9.37 Å². The van der Waals surface area contributed by atoms with Crippen molar-refractivity contribution in [2.24, 2.45) is 0 Å². The van der Waals surface area contributed by atoms with E-state index >= 15 is 0 Å². The summed E-state index contributed by atoms with van der Waals surface area (Å²) in [4.78, 5) is 33.2. The standard InChI is InChI=1S/C22H19FN4O2S/c1-13-5-3-4-6-17(13)25-19(28)12-30-22-26-18-11-14(2)24-20(18)21(29)27(22)16-9-7-15(23)8-10-16/h3-11,24H,12H2,1-2H3,(H,25,28). The van der Waals surface area contributed by atoms with Gasteiger partial charge in [-0.1, -0.05) is 30.0 Å². The Morgan fingerprint density at radius 2 is 1.90 bits per heavy atom. The number of aromatic nitrogens is 3. The number of aromatic amines is 1. The Balaban J connectivity index is 1.68. The van der Waals surface area contributed by atoms with Gasteiger partial charge in [0, 0.05) is 11.4 Å². The topological polar surface area (TPSA) is 79.8 Å². The van der Waals surface area contributed by atoms with Gasteiger partial charge in [0.05, 0.1) is 17.0 Å². The molecule has 8 heteroatoms. The summed E-state index contributed by atoms with van der Waals surface area (Å²) in [5.41, 5.74) is 3.57. The van der Waals surface area contributed by atoms with E-state index in [1.54, 1.807) is 6.07 Å². The van der Waals surface area contributed by atoms with Crippen molar-refractivity contribution in [1.29, 1.82) is 0 Å². The number of benzene rings is 2. The SMILES string of the molecule is Cc1cc2nc(SCC(=O)Nc3ccccc3C)n(-c3ccc(F)cc3)c(=O)c2[nH]1. The molecule has 0 aliphatic carbocycles. The molecular weight excluding hydrogens is 403 g/mol. The molecule has 0 bridgehead atoms. The third kappa shape index (κ3) is 3.99. The molecule has 0 aliphatic rings. The summed E-state index contributed by atoms with van der Waals surface area (Å²) >= 11 is 1.15. The second-order valence-electron chi connectivity index (χ2n) is 6.88. The lowest BCUT2D eigenvalue weighted by molar-refractivity contribution is -0.113. The zero-order valence-electron chi connectivity index (χ0n) is 16.4. The van der Waals surface area contributed by atoms with E-state index < -0.39 is 5.82 Å². The number of anilines is 1. The minimum Gasteiger partial charge on any atom is -0.353 e. The van der Waals surface area contributed by atoms with Gasteiger partial charge in [0.1, 0.15) is 11.3 Å². The van der Waals surface area contributed by atoms with Crippen molar-refractivity contribution in [3.8, 4) is 5.69 Å². The normalized spacial score (nSPS) is 11.0. The molecule has 4 rings (SSSR count). The average Bonchev–Trinajstić information content (AvgIpc) is 3.10. The van der Waals surface area contributed by atoms with Gasteiger partial charge in [0.15, 0.2) is 5.16 Å². The lowest BCUT2D eigenvalue weighted by atomic mass is 10.2. The molecule has 6 nitrogen and oxygen atoms in total. The van der Waals surface area contributed by atoms with E-state index in [0.29, 0.717) is 21.9 Å². The fourth-order valence-electron chi connectivity index (χ4n) is 3.12. The first kappa shape index (κ1) is 19.9. The maximum atomic E-state index is 13.4. The van der Waals surface area contributed by atoms with Gasteiger partial charge in [-0.2, -0.15) is 0 Å². The molecule has 0 atom stereocenters. The number of hydrogen-bond donors (Lipinski definition) is 2. The van der Waals surface area contributed by atoms with Crippen molar-refractivity contribution in [1.82, 2.24) is 14.5 Å². The van der Waals surface area contributed by atoms with Crippen molar-refractivity contribution in [2.45, 2.75) is 19.0 Å². The van der Waals surface area contributed by atoms with E-state index in [1.165, 1.54) is 28.8 Å². The minimum atomic E-state index is -0.400. The van der Waals surface area contributed by atoms with E-state index in [2.05, 4.69) is 15.3 Å². The smallest absolute Gasteiger partial charge is 0.283 e. The average molecular weight is 422 g/mol. The highest BCUT2D eigenvalue weighted by Gasteiger charge is 2.16. The summed E-state index contributed by atoms with van der Waals surface area (Å²) in [6.07, 6.45) is 0. The first-order chi connectivity index (χ1) is 14.4. The van der Waals surface area contributed by atoms with E-state index in [1.807, 2.05) is 38.1 Å². The van der Waals surface area contributed by atoms with Gasteiger partial charge in [0.2, 0.25) is 5.91 Å². The van der Waals surface area contributed by atoms with Crippen LogP contribution in [0.3, 0.4) is 0 Å². The predicted octanol–water partition coefficient (Wildman–Crippen LogP) is 4.20. The highest BCUT2D eigenvalue weighted by Crippen LogP contribution is 2.22. The quantitative estimate of drug-likeness (QED) is 0.373. The van der Waals surface area contributed by atoms with Gasteiger partial charge >= 0.3 is 0 Å². The van der Waals surface area contributed by atoms with Crippen LogP contribution in [0.1, 0.15) is 11.3 Å². The summed E-state index contributed by atoms with van der Waals surface area (Å²) in [5, 5.41) is 3.23. The van der Waals surface area contributed by atoms with Crippen molar-refractivity contribution in [2.75, 3.05) is 11.1 Å². The monoisotopic (exact) mass is 422 g/mol. The van der Waals surface area contributed by atoms with Crippen LogP contribution in [-0.4, -0.2) is 26.2 Å². The summed E-state index contributed by atoms with van der Waals surface area (Å²) in [6, 6.07) is 14.9. The van der Waals surface area contributed by atoms with Gasteiger partial charge in [-0.05, 0) is 55.8 Å². The van der Waals surface area contributed by atoms with E-state index in [-0.39, 0.29) is 17.2 Å². The van der Waals surface area contributed by atoms with Crippen molar-refractivity contribution in [3.05, 3.63) is 82.0 Å². The van der Waals surface area contributed by atoms with E-state index in [0.717, 1.165) is 28.7 Å². The minimum absolute atomic E-state index is 0.0663. The molecule has 30 heavy (non-hydrogen) atoms. The molecule has 0 unspecified atom stereocenters. The molecule has 0 aliphatic heterocycles. The second kappa shape index (κ2) is 8.16. The van der Waals surface area contributed by atoms with Gasteiger partial charge in [0.25, 0.3) is 5.56 Å².